The van der Waals surface area contributed by atoms with Crippen molar-refractivity contribution >= 4 is 11.7 Å². The molecule has 0 aliphatic carbocycles. The molecule has 0 amide bonds. The summed E-state index contributed by atoms with van der Waals surface area (Å²) in [5, 5.41) is 3.37. The van der Waals surface area contributed by atoms with Gasteiger partial charge in [-0.05, 0) is 41.8 Å². The van der Waals surface area contributed by atoms with Crippen LogP contribution in [0.1, 0.15) is 30.4 Å². The molecule has 0 bridgehead atoms. The van der Waals surface area contributed by atoms with Gasteiger partial charge in [0, 0.05) is 46.2 Å². The largest absolute Gasteiger partial charge is 0.497 e. The Morgan fingerprint density at radius 3 is 2.66 bits per heavy atom. The molecule has 35 heavy (non-hydrogen) atoms. The van der Waals surface area contributed by atoms with Crippen LogP contribution in [-0.2, 0) is 25.6 Å². The number of piperidine rings is 1. The number of nitrogens with one attached hydrogen (secondary N) is 1. The molecule has 0 saturated carbocycles. The number of fused-ring (bicyclic) bond motifs is 1. The first kappa shape index (κ1) is 25.3. The van der Waals surface area contributed by atoms with Crippen molar-refractivity contribution in [2.75, 3.05) is 58.5 Å². The van der Waals surface area contributed by atoms with E-state index in [1.165, 1.54) is 6.92 Å². The van der Waals surface area contributed by atoms with Crippen LogP contribution in [0.3, 0.4) is 0 Å². The van der Waals surface area contributed by atoms with Crippen LogP contribution in [0.15, 0.2) is 42.5 Å². The van der Waals surface area contributed by atoms with Crippen LogP contribution in [0.2, 0.25) is 0 Å². The van der Waals surface area contributed by atoms with Crippen LogP contribution < -0.4 is 19.7 Å². The first-order valence-electron chi connectivity index (χ1n) is 12.2. The van der Waals surface area contributed by atoms with Gasteiger partial charge in [-0.1, -0.05) is 18.2 Å². The third-order valence-corrected chi connectivity index (χ3v) is 6.53. The minimum Gasteiger partial charge on any atom is -0.497 e. The van der Waals surface area contributed by atoms with Crippen LogP contribution in [0.5, 0.6) is 11.5 Å². The number of methoxy groups -OCH3 is 2. The van der Waals surface area contributed by atoms with Crippen LogP contribution in [-0.4, -0.2) is 71.8 Å². The van der Waals surface area contributed by atoms with Gasteiger partial charge in [-0.15, -0.1) is 0 Å². The van der Waals surface area contributed by atoms with Crippen LogP contribution in [0.4, 0.5) is 5.69 Å². The van der Waals surface area contributed by atoms with E-state index in [9.17, 15) is 4.79 Å². The van der Waals surface area contributed by atoms with Gasteiger partial charge in [0.25, 0.3) is 0 Å². The SMILES string of the molecule is COCCCN1CCOc2ccc(COC3CNCC(OC(C)=O)C3c3ccc(OC)cc3)cc21. The van der Waals surface area contributed by atoms with Gasteiger partial charge in [0.05, 0.1) is 32.1 Å². The molecule has 8 nitrogen and oxygen atoms in total. The third-order valence-electron chi connectivity index (χ3n) is 6.53. The molecule has 2 aliphatic rings. The molecular formula is C27H36N2O6. The molecule has 2 aliphatic heterocycles. The van der Waals surface area contributed by atoms with Gasteiger partial charge < -0.3 is 33.9 Å². The van der Waals surface area contributed by atoms with Crippen LogP contribution in [0.25, 0.3) is 0 Å². The fraction of sp³-hybridized carbons (Fsp3) is 0.519. The summed E-state index contributed by atoms with van der Waals surface area (Å²) in [6.07, 6.45) is 0.491. The molecule has 2 aromatic rings. The van der Waals surface area contributed by atoms with E-state index in [0.717, 1.165) is 54.4 Å². The summed E-state index contributed by atoms with van der Waals surface area (Å²) in [5.41, 5.74) is 3.24. The van der Waals surface area contributed by atoms with Crippen molar-refractivity contribution in [2.24, 2.45) is 0 Å². The zero-order valence-electron chi connectivity index (χ0n) is 20.8. The number of anilines is 1. The Kier molecular flexibility index (Phi) is 8.84. The Labute approximate surface area is 207 Å². The monoisotopic (exact) mass is 484 g/mol. The smallest absolute Gasteiger partial charge is 0.302 e. The quantitative estimate of drug-likeness (QED) is 0.407. The van der Waals surface area contributed by atoms with Crippen molar-refractivity contribution in [3.63, 3.8) is 0 Å². The second-order valence-electron chi connectivity index (χ2n) is 8.94. The van der Waals surface area contributed by atoms with E-state index >= 15 is 0 Å². The summed E-state index contributed by atoms with van der Waals surface area (Å²) in [6.45, 7) is 6.36. The molecule has 0 aromatic heterocycles. The maximum Gasteiger partial charge on any atom is 0.302 e. The number of esters is 1. The zero-order valence-corrected chi connectivity index (χ0v) is 20.8. The number of nitrogens with zero attached hydrogens (tertiary/aromatic N) is 1. The van der Waals surface area contributed by atoms with Gasteiger partial charge in [-0.2, -0.15) is 0 Å². The molecule has 2 aromatic carbocycles. The topological polar surface area (TPSA) is 78.5 Å². The van der Waals surface area contributed by atoms with Crippen molar-refractivity contribution in [3.8, 4) is 11.5 Å². The number of hydrogen-bond acceptors (Lipinski definition) is 8. The van der Waals surface area contributed by atoms with E-state index in [0.29, 0.717) is 26.3 Å². The number of benzene rings is 2. The van der Waals surface area contributed by atoms with E-state index < -0.39 is 0 Å². The highest BCUT2D eigenvalue weighted by atomic mass is 16.5. The summed E-state index contributed by atoms with van der Waals surface area (Å²) >= 11 is 0. The van der Waals surface area contributed by atoms with Crippen molar-refractivity contribution in [2.45, 2.75) is 38.1 Å². The van der Waals surface area contributed by atoms with Crippen molar-refractivity contribution in [1.82, 2.24) is 5.32 Å². The van der Waals surface area contributed by atoms with E-state index in [1.54, 1.807) is 14.2 Å². The van der Waals surface area contributed by atoms with Crippen LogP contribution in [0, 0.1) is 0 Å². The van der Waals surface area contributed by atoms with E-state index in [1.807, 2.05) is 30.3 Å². The standard InChI is InChI=1S/C27H36N2O6/c1-19(30)35-26-17-28-16-25(27(26)21-6-8-22(32-3)9-7-21)34-18-20-5-10-24-23(15-20)29(12-14-33-24)11-4-13-31-2/h5-10,15,25-28H,4,11-14,16-18H2,1-3H3. The van der Waals surface area contributed by atoms with Gasteiger partial charge >= 0.3 is 5.97 Å². The maximum absolute atomic E-state index is 11.8. The highest BCUT2D eigenvalue weighted by Crippen LogP contribution is 2.35. The van der Waals surface area contributed by atoms with Gasteiger partial charge in [0.15, 0.2) is 0 Å². The van der Waals surface area contributed by atoms with Crippen LogP contribution >= 0.6 is 0 Å². The molecule has 4 rings (SSSR count). The minimum absolute atomic E-state index is 0.0856. The molecule has 3 unspecified atom stereocenters. The highest BCUT2D eigenvalue weighted by Gasteiger charge is 2.37. The molecule has 1 saturated heterocycles. The summed E-state index contributed by atoms with van der Waals surface area (Å²) < 4.78 is 28.6. The predicted molar refractivity (Wildman–Crippen MR) is 133 cm³/mol. The summed E-state index contributed by atoms with van der Waals surface area (Å²) in [7, 11) is 3.38. The minimum atomic E-state index is -0.312. The first-order chi connectivity index (χ1) is 17.1. The molecule has 8 heteroatoms. The zero-order chi connectivity index (χ0) is 24.6. The predicted octanol–water partition coefficient (Wildman–Crippen LogP) is 3.13. The normalized spacial score (nSPS) is 21.7. The molecular weight excluding hydrogens is 448 g/mol. The highest BCUT2D eigenvalue weighted by molar-refractivity contribution is 5.66. The third kappa shape index (κ3) is 6.45. The average molecular weight is 485 g/mol. The number of carbonyl (C=O) groups is 1. The Bertz CT molecular complexity index is 967. The molecule has 1 fully saturated rings. The number of carbonyl (C=O) groups excluding carboxylic acids is 1. The lowest BCUT2D eigenvalue weighted by atomic mass is 9.85. The molecule has 2 heterocycles. The first-order valence-corrected chi connectivity index (χ1v) is 12.2. The van der Waals surface area contributed by atoms with E-state index in [2.05, 4.69) is 22.3 Å². The van der Waals surface area contributed by atoms with Crippen molar-refractivity contribution < 1.29 is 28.5 Å². The second-order valence-corrected chi connectivity index (χ2v) is 8.94. The number of hydrogen-bond donors (Lipinski definition) is 1. The molecule has 190 valence electrons. The van der Waals surface area contributed by atoms with Gasteiger partial charge in [-0.3, -0.25) is 4.79 Å². The fourth-order valence-corrected chi connectivity index (χ4v) is 4.85. The van der Waals surface area contributed by atoms with E-state index in [-0.39, 0.29) is 24.1 Å². The fourth-order valence-electron chi connectivity index (χ4n) is 4.85. The Morgan fingerprint density at radius 2 is 1.91 bits per heavy atom. The summed E-state index contributed by atoms with van der Waals surface area (Å²) in [6, 6.07) is 14.1. The Hall–Kier alpha value is -2.81. The van der Waals surface area contributed by atoms with Gasteiger partial charge in [0.2, 0.25) is 0 Å². The lowest BCUT2D eigenvalue weighted by molar-refractivity contribution is -0.151. The summed E-state index contributed by atoms with van der Waals surface area (Å²) in [4.78, 5) is 14.1. The molecule has 1 N–H and O–H groups in total. The number of ether oxygens (including phenoxy) is 5. The van der Waals surface area contributed by atoms with E-state index in [4.69, 9.17) is 23.7 Å². The van der Waals surface area contributed by atoms with Crippen molar-refractivity contribution in [3.05, 3.63) is 53.6 Å². The lowest BCUT2D eigenvalue weighted by Crippen LogP contribution is -2.51. The molecule has 0 spiro atoms. The second kappa shape index (κ2) is 12.2. The maximum atomic E-state index is 11.8. The molecule has 3 atom stereocenters. The van der Waals surface area contributed by atoms with Gasteiger partial charge in [0.1, 0.15) is 24.2 Å². The Balaban J connectivity index is 1.49. The molecule has 0 radical (unpaired) electrons. The Morgan fingerprint density at radius 1 is 1.11 bits per heavy atom. The average Bonchev–Trinajstić information content (AvgIpc) is 2.87. The summed E-state index contributed by atoms with van der Waals surface area (Å²) in [5.74, 6) is 1.31. The lowest BCUT2D eigenvalue weighted by Gasteiger charge is -2.38. The van der Waals surface area contributed by atoms with Crippen molar-refractivity contribution in [1.29, 1.82) is 0 Å². The van der Waals surface area contributed by atoms with Gasteiger partial charge in [-0.25, -0.2) is 0 Å². The number of rotatable bonds is 10.